The Hall–Kier alpha value is -3.09. The summed E-state index contributed by atoms with van der Waals surface area (Å²) < 4.78 is 13.3. The Balaban J connectivity index is 1.49. The second-order valence-corrected chi connectivity index (χ2v) is 8.26. The minimum absolute atomic E-state index is 0.129. The number of ether oxygens (including phenoxy) is 1. The fourth-order valence-electron chi connectivity index (χ4n) is 4.27. The van der Waals surface area contributed by atoms with Crippen LogP contribution >= 0.6 is 0 Å². The van der Waals surface area contributed by atoms with Crippen LogP contribution in [0.25, 0.3) is 11.0 Å². The molecule has 0 bridgehead atoms. The maximum absolute atomic E-state index is 12.8. The van der Waals surface area contributed by atoms with Crippen molar-refractivity contribution in [3.05, 3.63) is 57.2 Å². The highest BCUT2D eigenvalue weighted by atomic mass is 16.5. The molecular weight excluding hydrogens is 394 g/mol. The van der Waals surface area contributed by atoms with Crippen LogP contribution in [0.4, 0.5) is 0 Å². The topological polar surface area (TPSA) is 77.6 Å². The number of aromatic nitrogens is 2. The summed E-state index contributed by atoms with van der Waals surface area (Å²) >= 11 is 0. The molecule has 1 aliphatic carbocycles. The van der Waals surface area contributed by atoms with Crippen molar-refractivity contribution in [2.24, 2.45) is 0 Å². The standard InChI is InChI=1S/C24H29N3O4/c1-5-27-14-17(15(2)25-27)13-26(4)23(28)16(3)30-18-10-11-20-19-8-6-7-9-21(19)24(29)31-22(20)12-18/h10-12,14,16H,5-9,13H2,1-4H3. The zero-order valence-corrected chi connectivity index (χ0v) is 18.6. The summed E-state index contributed by atoms with van der Waals surface area (Å²) in [6.45, 7) is 6.97. The summed E-state index contributed by atoms with van der Waals surface area (Å²) in [5, 5.41) is 5.39. The van der Waals surface area contributed by atoms with Crippen molar-refractivity contribution in [2.45, 2.75) is 65.6 Å². The Labute approximate surface area is 181 Å². The first-order valence-corrected chi connectivity index (χ1v) is 10.9. The molecule has 2 aromatic heterocycles. The van der Waals surface area contributed by atoms with Gasteiger partial charge >= 0.3 is 5.63 Å². The highest BCUT2D eigenvalue weighted by molar-refractivity contribution is 5.83. The lowest BCUT2D eigenvalue weighted by molar-refractivity contribution is -0.137. The van der Waals surface area contributed by atoms with Crippen molar-refractivity contribution in [1.82, 2.24) is 14.7 Å². The van der Waals surface area contributed by atoms with Crippen LogP contribution in [0.1, 0.15) is 49.1 Å². The molecule has 7 heteroatoms. The molecule has 164 valence electrons. The number of carbonyl (C=O) groups is 1. The highest BCUT2D eigenvalue weighted by Gasteiger charge is 2.22. The molecule has 1 atom stereocenters. The number of rotatable bonds is 6. The average molecular weight is 424 g/mol. The van der Waals surface area contributed by atoms with Gasteiger partial charge in [-0.25, -0.2) is 4.79 Å². The molecule has 7 nitrogen and oxygen atoms in total. The monoisotopic (exact) mass is 423 g/mol. The van der Waals surface area contributed by atoms with Crippen LogP contribution in [0.2, 0.25) is 0 Å². The van der Waals surface area contributed by atoms with E-state index in [9.17, 15) is 9.59 Å². The van der Waals surface area contributed by atoms with Crippen molar-refractivity contribution >= 4 is 16.9 Å². The van der Waals surface area contributed by atoms with Crippen molar-refractivity contribution in [1.29, 1.82) is 0 Å². The Morgan fingerprint density at radius 1 is 1.29 bits per heavy atom. The number of nitrogens with zero attached hydrogens (tertiary/aromatic N) is 3. The zero-order chi connectivity index (χ0) is 22.1. The third kappa shape index (κ3) is 4.22. The van der Waals surface area contributed by atoms with Gasteiger partial charge in [0.05, 0.1) is 5.69 Å². The number of carbonyl (C=O) groups excluding carboxylic acids is 1. The number of hydrogen-bond donors (Lipinski definition) is 0. The fraction of sp³-hybridized carbons (Fsp3) is 0.458. The number of aryl methyl sites for hydroxylation is 3. The molecule has 0 N–H and O–H groups in total. The van der Waals surface area contributed by atoms with Gasteiger partial charge in [0.1, 0.15) is 11.3 Å². The molecule has 0 saturated carbocycles. The summed E-state index contributed by atoms with van der Waals surface area (Å²) in [4.78, 5) is 26.9. The maximum atomic E-state index is 12.8. The summed E-state index contributed by atoms with van der Waals surface area (Å²) in [5.74, 6) is 0.381. The molecule has 0 fully saturated rings. The minimum Gasteiger partial charge on any atom is -0.481 e. The van der Waals surface area contributed by atoms with Crippen LogP contribution in [0.5, 0.6) is 5.75 Å². The molecule has 0 aliphatic heterocycles. The van der Waals surface area contributed by atoms with Crippen LogP contribution in [-0.4, -0.2) is 33.7 Å². The summed E-state index contributed by atoms with van der Waals surface area (Å²) in [5.41, 5.74) is 4.09. The number of benzene rings is 1. The first kappa shape index (κ1) is 21.2. The Kier molecular flexibility index (Phi) is 5.85. The van der Waals surface area contributed by atoms with Gasteiger partial charge in [-0.1, -0.05) is 0 Å². The number of likely N-dealkylation sites (N-methyl/N-ethyl adjacent to an activating group) is 1. The normalized spacial score (nSPS) is 14.3. The molecule has 1 aromatic carbocycles. The third-order valence-electron chi connectivity index (χ3n) is 6.01. The van der Waals surface area contributed by atoms with Crippen molar-refractivity contribution < 1.29 is 13.9 Å². The fourth-order valence-corrected chi connectivity index (χ4v) is 4.27. The lowest BCUT2D eigenvalue weighted by Gasteiger charge is -2.22. The maximum Gasteiger partial charge on any atom is 0.339 e. The SMILES string of the molecule is CCn1cc(CN(C)C(=O)C(C)Oc2ccc3c4c(c(=O)oc3c2)CCCC4)c(C)n1. The van der Waals surface area contributed by atoms with Crippen LogP contribution in [0.15, 0.2) is 33.6 Å². The Bertz CT molecular complexity index is 1180. The first-order valence-electron chi connectivity index (χ1n) is 10.9. The van der Waals surface area contributed by atoms with E-state index in [1.54, 1.807) is 24.9 Å². The zero-order valence-electron chi connectivity index (χ0n) is 18.6. The van der Waals surface area contributed by atoms with Crippen molar-refractivity contribution in [3.8, 4) is 5.75 Å². The van der Waals surface area contributed by atoms with E-state index < -0.39 is 6.10 Å². The van der Waals surface area contributed by atoms with Gasteiger partial charge in [-0.15, -0.1) is 0 Å². The van der Waals surface area contributed by atoms with E-state index >= 15 is 0 Å². The van der Waals surface area contributed by atoms with Gasteiger partial charge < -0.3 is 14.1 Å². The number of amides is 1. The van der Waals surface area contributed by atoms with Crippen LogP contribution < -0.4 is 10.4 Å². The lowest BCUT2D eigenvalue weighted by atomic mass is 9.91. The van der Waals surface area contributed by atoms with E-state index in [-0.39, 0.29) is 11.5 Å². The number of hydrogen-bond acceptors (Lipinski definition) is 5. The van der Waals surface area contributed by atoms with Gasteiger partial charge in [0.25, 0.3) is 5.91 Å². The number of fused-ring (bicyclic) bond motifs is 3. The average Bonchev–Trinajstić information content (AvgIpc) is 3.12. The predicted octanol–water partition coefficient (Wildman–Crippen LogP) is 3.62. The molecule has 2 heterocycles. The molecule has 1 unspecified atom stereocenters. The first-order chi connectivity index (χ1) is 14.9. The largest absolute Gasteiger partial charge is 0.481 e. The van der Waals surface area contributed by atoms with E-state index in [2.05, 4.69) is 5.10 Å². The van der Waals surface area contributed by atoms with E-state index in [0.717, 1.165) is 60.0 Å². The van der Waals surface area contributed by atoms with Gasteiger partial charge in [-0.2, -0.15) is 5.10 Å². The van der Waals surface area contributed by atoms with Crippen LogP contribution in [0.3, 0.4) is 0 Å². The minimum atomic E-state index is -0.673. The van der Waals surface area contributed by atoms with Crippen LogP contribution in [-0.2, 0) is 30.7 Å². The molecule has 0 saturated heterocycles. The third-order valence-corrected chi connectivity index (χ3v) is 6.01. The second kappa shape index (κ2) is 8.57. The molecule has 1 aliphatic rings. The molecule has 31 heavy (non-hydrogen) atoms. The molecule has 4 rings (SSSR count). The smallest absolute Gasteiger partial charge is 0.339 e. The summed E-state index contributed by atoms with van der Waals surface area (Å²) in [6, 6.07) is 5.49. The van der Waals surface area contributed by atoms with Gasteiger partial charge in [0.2, 0.25) is 0 Å². The van der Waals surface area contributed by atoms with E-state index in [4.69, 9.17) is 9.15 Å². The highest BCUT2D eigenvalue weighted by Crippen LogP contribution is 2.29. The molecule has 0 spiro atoms. The van der Waals surface area contributed by atoms with Gasteiger partial charge in [0, 0.05) is 48.9 Å². The van der Waals surface area contributed by atoms with Gasteiger partial charge in [-0.3, -0.25) is 9.48 Å². The second-order valence-electron chi connectivity index (χ2n) is 8.26. The van der Waals surface area contributed by atoms with Crippen LogP contribution in [0, 0.1) is 6.92 Å². The predicted molar refractivity (Wildman–Crippen MR) is 118 cm³/mol. The van der Waals surface area contributed by atoms with Crippen molar-refractivity contribution in [2.75, 3.05) is 7.05 Å². The van der Waals surface area contributed by atoms with E-state index in [1.807, 2.05) is 36.9 Å². The molecular formula is C24H29N3O4. The quantitative estimate of drug-likeness (QED) is 0.566. The van der Waals surface area contributed by atoms with Gasteiger partial charge in [-0.05, 0) is 64.2 Å². The summed E-state index contributed by atoms with van der Waals surface area (Å²) in [7, 11) is 1.76. The lowest BCUT2D eigenvalue weighted by Crippen LogP contribution is -2.37. The van der Waals surface area contributed by atoms with Crippen molar-refractivity contribution in [3.63, 3.8) is 0 Å². The summed E-state index contributed by atoms with van der Waals surface area (Å²) in [6.07, 6.45) is 5.07. The molecule has 0 radical (unpaired) electrons. The van der Waals surface area contributed by atoms with E-state index in [0.29, 0.717) is 17.9 Å². The Morgan fingerprint density at radius 3 is 2.74 bits per heavy atom. The van der Waals surface area contributed by atoms with Gasteiger partial charge in [0.15, 0.2) is 6.10 Å². The van der Waals surface area contributed by atoms with E-state index in [1.165, 1.54) is 0 Å². The molecule has 1 amide bonds. The molecule has 3 aromatic rings. The Morgan fingerprint density at radius 2 is 2.03 bits per heavy atom.